The molecule has 30 heavy (non-hydrogen) atoms. The van der Waals surface area contributed by atoms with Crippen LogP contribution < -0.4 is 14.8 Å². The minimum atomic E-state index is -3.81. The fourth-order valence-corrected chi connectivity index (χ4v) is 5.43. The molecule has 2 N–H and O–H groups in total. The first-order chi connectivity index (χ1) is 14.1. The number of sulfonamides is 1. The quantitative estimate of drug-likeness (QED) is 0.547. The molecule has 0 saturated carbocycles. The normalized spacial score (nSPS) is 21.4. The Morgan fingerprint density at radius 1 is 1.17 bits per heavy atom. The predicted molar refractivity (Wildman–Crippen MR) is 119 cm³/mol. The molecule has 3 atom stereocenters. The van der Waals surface area contributed by atoms with Gasteiger partial charge in [0.05, 0.1) is 12.0 Å². The van der Waals surface area contributed by atoms with Gasteiger partial charge in [-0.25, -0.2) is 8.42 Å². The first kappa shape index (κ1) is 24.6. The van der Waals surface area contributed by atoms with Crippen LogP contribution in [0, 0.1) is 17.8 Å². The Hall–Kier alpha value is -1.64. The van der Waals surface area contributed by atoms with Crippen molar-refractivity contribution in [1.82, 2.24) is 14.9 Å². The number of hydrogen-bond acceptors (Lipinski definition) is 5. The van der Waals surface area contributed by atoms with Crippen LogP contribution in [0.3, 0.4) is 0 Å². The summed E-state index contributed by atoms with van der Waals surface area (Å²) in [6, 6.07) is 5.28. The van der Waals surface area contributed by atoms with Gasteiger partial charge in [0.2, 0.25) is 15.9 Å². The average molecular weight is 440 g/mol. The minimum Gasteiger partial charge on any atom is -0.497 e. The maximum atomic E-state index is 12.7. The van der Waals surface area contributed by atoms with Gasteiger partial charge >= 0.3 is 0 Å². The lowest BCUT2D eigenvalue weighted by atomic mass is 9.92. The summed E-state index contributed by atoms with van der Waals surface area (Å²) in [5, 5.41) is 2.91. The number of nitrogens with zero attached hydrogens (tertiary/aromatic N) is 1. The number of methoxy groups -OCH3 is 1. The number of carbonyl (C=O) groups is 1. The van der Waals surface area contributed by atoms with Crippen LogP contribution in [0.5, 0.6) is 5.75 Å². The zero-order valence-electron chi connectivity index (χ0n) is 18.8. The molecule has 1 aliphatic rings. The van der Waals surface area contributed by atoms with Crippen molar-refractivity contribution >= 4 is 15.9 Å². The maximum absolute atomic E-state index is 12.7. The van der Waals surface area contributed by atoms with Crippen molar-refractivity contribution in [2.75, 3.05) is 33.3 Å². The Morgan fingerprint density at radius 3 is 2.30 bits per heavy atom. The van der Waals surface area contributed by atoms with Crippen LogP contribution in [0.25, 0.3) is 0 Å². The number of piperidine rings is 1. The second-order valence-corrected chi connectivity index (χ2v) is 10.6. The molecular weight excluding hydrogens is 402 g/mol. The van der Waals surface area contributed by atoms with E-state index in [9.17, 15) is 13.2 Å². The van der Waals surface area contributed by atoms with Crippen molar-refractivity contribution in [3.8, 4) is 5.75 Å². The molecule has 1 aliphatic heterocycles. The highest BCUT2D eigenvalue weighted by atomic mass is 32.2. The largest absolute Gasteiger partial charge is 0.497 e. The van der Waals surface area contributed by atoms with E-state index < -0.39 is 16.1 Å². The van der Waals surface area contributed by atoms with Gasteiger partial charge in [-0.1, -0.05) is 27.7 Å². The molecule has 1 amide bonds. The molecule has 1 saturated heterocycles. The fraction of sp³-hybridized carbons (Fsp3) is 0.682. The zero-order valence-corrected chi connectivity index (χ0v) is 19.7. The monoisotopic (exact) mass is 439 g/mol. The van der Waals surface area contributed by atoms with Crippen LogP contribution >= 0.6 is 0 Å². The number of benzene rings is 1. The molecule has 1 heterocycles. The van der Waals surface area contributed by atoms with E-state index in [1.165, 1.54) is 25.7 Å². The Labute approximate surface area is 181 Å². The first-order valence-corrected chi connectivity index (χ1v) is 12.3. The smallest absolute Gasteiger partial charge is 0.241 e. The summed E-state index contributed by atoms with van der Waals surface area (Å²) in [6.45, 7) is 11.9. The molecule has 1 aromatic rings. The molecular formula is C22H37N3O4S. The lowest BCUT2D eigenvalue weighted by Crippen LogP contribution is -2.50. The van der Waals surface area contributed by atoms with Gasteiger partial charge in [0.25, 0.3) is 0 Å². The summed E-state index contributed by atoms with van der Waals surface area (Å²) in [4.78, 5) is 15.2. The summed E-state index contributed by atoms with van der Waals surface area (Å²) in [7, 11) is -2.29. The van der Waals surface area contributed by atoms with Gasteiger partial charge < -0.3 is 15.0 Å². The molecule has 0 radical (unpaired) electrons. The Morgan fingerprint density at radius 2 is 1.77 bits per heavy atom. The summed E-state index contributed by atoms with van der Waals surface area (Å²) in [5.74, 6) is 1.52. The van der Waals surface area contributed by atoms with Crippen molar-refractivity contribution in [1.29, 1.82) is 0 Å². The average Bonchev–Trinajstić information content (AvgIpc) is 2.68. The number of nitrogens with one attached hydrogen (secondary N) is 2. The van der Waals surface area contributed by atoms with Crippen LogP contribution in [0.1, 0.15) is 40.5 Å². The molecule has 2 rings (SSSR count). The molecule has 0 aliphatic carbocycles. The molecule has 1 fully saturated rings. The van der Waals surface area contributed by atoms with Gasteiger partial charge in [-0.2, -0.15) is 4.72 Å². The molecule has 1 aromatic carbocycles. The second-order valence-electron chi connectivity index (χ2n) is 8.87. The molecule has 2 unspecified atom stereocenters. The molecule has 0 bridgehead atoms. The van der Waals surface area contributed by atoms with Gasteiger partial charge in [0.1, 0.15) is 11.8 Å². The number of amides is 1. The van der Waals surface area contributed by atoms with Crippen molar-refractivity contribution in [2.24, 2.45) is 17.8 Å². The van der Waals surface area contributed by atoms with E-state index in [1.807, 2.05) is 13.8 Å². The fourth-order valence-electron chi connectivity index (χ4n) is 4.08. The van der Waals surface area contributed by atoms with E-state index in [4.69, 9.17) is 4.74 Å². The van der Waals surface area contributed by atoms with Crippen molar-refractivity contribution in [3.63, 3.8) is 0 Å². The van der Waals surface area contributed by atoms with E-state index >= 15 is 0 Å². The SMILES string of the molecule is COc1ccc(S(=O)(=O)N[C@H](C(=O)NCCCN2CC(C)CC(C)C2)C(C)C)cc1. The van der Waals surface area contributed by atoms with Gasteiger partial charge in [-0.15, -0.1) is 0 Å². The van der Waals surface area contributed by atoms with E-state index in [-0.39, 0.29) is 16.7 Å². The number of ether oxygens (including phenoxy) is 1. The number of rotatable bonds is 10. The van der Waals surface area contributed by atoms with Crippen molar-refractivity contribution in [3.05, 3.63) is 24.3 Å². The zero-order chi connectivity index (χ0) is 22.3. The summed E-state index contributed by atoms with van der Waals surface area (Å²) in [6.07, 6.45) is 2.12. The summed E-state index contributed by atoms with van der Waals surface area (Å²) in [5.41, 5.74) is 0. The van der Waals surface area contributed by atoms with E-state index in [0.717, 1.165) is 26.1 Å². The number of likely N-dealkylation sites (tertiary alicyclic amines) is 1. The third kappa shape index (κ3) is 7.25. The second kappa shape index (κ2) is 11.1. The molecule has 170 valence electrons. The first-order valence-electron chi connectivity index (χ1n) is 10.8. The summed E-state index contributed by atoms with van der Waals surface area (Å²) >= 11 is 0. The molecule has 0 aromatic heterocycles. The van der Waals surface area contributed by atoms with Crippen LogP contribution in [-0.2, 0) is 14.8 Å². The Bertz CT molecular complexity index is 770. The third-order valence-electron chi connectivity index (χ3n) is 5.50. The predicted octanol–water partition coefficient (Wildman–Crippen LogP) is 2.48. The van der Waals surface area contributed by atoms with Gasteiger partial charge in [0.15, 0.2) is 0 Å². The number of hydrogen-bond donors (Lipinski definition) is 2. The van der Waals surface area contributed by atoms with Crippen molar-refractivity contribution in [2.45, 2.75) is 51.5 Å². The maximum Gasteiger partial charge on any atom is 0.241 e. The van der Waals surface area contributed by atoms with Crippen molar-refractivity contribution < 1.29 is 17.9 Å². The van der Waals surface area contributed by atoms with E-state index in [1.54, 1.807) is 12.1 Å². The van der Waals surface area contributed by atoms with Crippen LogP contribution in [-0.4, -0.2) is 58.6 Å². The number of carbonyl (C=O) groups excluding carboxylic acids is 1. The van der Waals surface area contributed by atoms with Crippen LogP contribution in [0.2, 0.25) is 0 Å². The highest BCUT2D eigenvalue weighted by molar-refractivity contribution is 7.89. The lowest BCUT2D eigenvalue weighted by Gasteiger charge is -2.35. The third-order valence-corrected chi connectivity index (χ3v) is 6.95. The molecule has 7 nitrogen and oxygen atoms in total. The highest BCUT2D eigenvalue weighted by Gasteiger charge is 2.28. The van der Waals surface area contributed by atoms with Gasteiger partial charge in [0, 0.05) is 19.6 Å². The van der Waals surface area contributed by atoms with Crippen LogP contribution in [0.15, 0.2) is 29.2 Å². The van der Waals surface area contributed by atoms with E-state index in [2.05, 4.69) is 28.8 Å². The Balaban J connectivity index is 1.87. The van der Waals surface area contributed by atoms with Crippen LogP contribution in [0.4, 0.5) is 0 Å². The van der Waals surface area contributed by atoms with E-state index in [0.29, 0.717) is 24.1 Å². The Kier molecular flexibility index (Phi) is 9.12. The highest BCUT2D eigenvalue weighted by Crippen LogP contribution is 2.21. The summed E-state index contributed by atoms with van der Waals surface area (Å²) < 4.78 is 33.0. The van der Waals surface area contributed by atoms with Gasteiger partial charge in [-0.3, -0.25) is 4.79 Å². The minimum absolute atomic E-state index is 0.107. The molecule has 8 heteroatoms. The topological polar surface area (TPSA) is 87.7 Å². The van der Waals surface area contributed by atoms with Gasteiger partial charge in [-0.05, 0) is 61.4 Å². The standard InChI is InChI=1S/C22H37N3O4S/c1-16(2)21(24-30(27,28)20-9-7-19(29-5)8-10-20)22(26)23-11-6-12-25-14-17(3)13-18(4)15-25/h7-10,16-18,21,24H,6,11-15H2,1-5H3,(H,23,26)/t17?,18?,21-/m0/s1. The lowest BCUT2D eigenvalue weighted by molar-refractivity contribution is -0.123. The molecule has 0 spiro atoms.